The van der Waals surface area contributed by atoms with Crippen molar-refractivity contribution in [1.82, 2.24) is 14.7 Å². The van der Waals surface area contributed by atoms with Crippen LogP contribution in [0.1, 0.15) is 26.7 Å². The molecule has 100 valence electrons. The number of likely N-dealkylation sites (tertiary alicyclic amines) is 1. The minimum atomic E-state index is 0.226. The number of rotatable bonds is 5. The molecule has 0 unspecified atom stereocenters. The Morgan fingerprint density at radius 2 is 1.88 bits per heavy atom. The lowest BCUT2D eigenvalue weighted by Gasteiger charge is -2.37. The van der Waals surface area contributed by atoms with Crippen molar-refractivity contribution in [2.24, 2.45) is 0 Å². The van der Waals surface area contributed by atoms with Crippen LogP contribution < -0.4 is 0 Å². The molecule has 1 saturated heterocycles. The number of piperidine rings is 1. The van der Waals surface area contributed by atoms with Crippen molar-refractivity contribution < 1.29 is 4.79 Å². The Kier molecular flexibility index (Phi) is 5.92. The zero-order valence-corrected chi connectivity index (χ0v) is 11.8. The van der Waals surface area contributed by atoms with E-state index in [1.807, 2.05) is 0 Å². The van der Waals surface area contributed by atoms with E-state index in [4.69, 9.17) is 0 Å². The first kappa shape index (κ1) is 14.5. The Hall–Kier alpha value is -0.610. The molecular formula is C13H27N3O. The zero-order valence-electron chi connectivity index (χ0n) is 11.8. The summed E-state index contributed by atoms with van der Waals surface area (Å²) in [6.45, 7) is 8.95. The van der Waals surface area contributed by atoms with Gasteiger partial charge in [0, 0.05) is 26.1 Å². The summed E-state index contributed by atoms with van der Waals surface area (Å²) in [6.07, 6.45) is 2.23. The number of carbonyl (C=O) groups excluding carboxylic acids is 1. The minimum absolute atomic E-state index is 0.226. The highest BCUT2D eigenvalue weighted by Gasteiger charge is 2.24. The van der Waals surface area contributed by atoms with Crippen LogP contribution in [-0.2, 0) is 4.79 Å². The first-order valence-electron chi connectivity index (χ1n) is 6.69. The van der Waals surface area contributed by atoms with Crippen LogP contribution in [0.3, 0.4) is 0 Å². The topological polar surface area (TPSA) is 26.8 Å². The third-order valence-corrected chi connectivity index (χ3v) is 3.80. The Balaban J connectivity index is 2.45. The fraction of sp³-hybridized carbons (Fsp3) is 0.923. The minimum Gasteiger partial charge on any atom is -0.339 e. The summed E-state index contributed by atoms with van der Waals surface area (Å²) in [6, 6.07) is 0.453. The Labute approximate surface area is 106 Å². The van der Waals surface area contributed by atoms with Gasteiger partial charge in [-0.3, -0.25) is 4.79 Å². The highest BCUT2D eigenvalue weighted by Crippen LogP contribution is 2.15. The van der Waals surface area contributed by atoms with Crippen LogP contribution in [0, 0.1) is 0 Å². The van der Waals surface area contributed by atoms with E-state index in [1.165, 1.54) is 0 Å². The lowest BCUT2D eigenvalue weighted by molar-refractivity contribution is -0.132. The molecule has 1 aliphatic heterocycles. The molecule has 0 atom stereocenters. The second kappa shape index (κ2) is 6.97. The fourth-order valence-corrected chi connectivity index (χ4v) is 2.34. The molecule has 0 saturated carbocycles. The molecular weight excluding hydrogens is 214 g/mol. The molecule has 1 rings (SSSR count). The molecule has 0 bridgehead atoms. The summed E-state index contributed by atoms with van der Waals surface area (Å²) < 4.78 is 0. The van der Waals surface area contributed by atoms with E-state index in [2.05, 4.69) is 35.7 Å². The van der Waals surface area contributed by atoms with Crippen molar-refractivity contribution in [1.29, 1.82) is 0 Å². The summed E-state index contributed by atoms with van der Waals surface area (Å²) in [4.78, 5) is 18.4. The largest absolute Gasteiger partial charge is 0.339 e. The maximum absolute atomic E-state index is 11.7. The predicted octanol–water partition coefficient (Wildman–Crippen LogP) is 0.881. The molecule has 0 aliphatic carbocycles. The van der Waals surface area contributed by atoms with Crippen molar-refractivity contribution in [3.63, 3.8) is 0 Å². The van der Waals surface area contributed by atoms with Crippen LogP contribution in [0.5, 0.6) is 0 Å². The van der Waals surface area contributed by atoms with Gasteiger partial charge in [-0.2, -0.15) is 0 Å². The van der Waals surface area contributed by atoms with Crippen LogP contribution in [0.15, 0.2) is 0 Å². The van der Waals surface area contributed by atoms with Gasteiger partial charge in [0.25, 0.3) is 0 Å². The second-order valence-electron chi connectivity index (χ2n) is 5.14. The van der Waals surface area contributed by atoms with Gasteiger partial charge in [0.1, 0.15) is 0 Å². The molecule has 17 heavy (non-hydrogen) atoms. The van der Waals surface area contributed by atoms with E-state index in [0.717, 1.165) is 45.6 Å². The van der Waals surface area contributed by atoms with Gasteiger partial charge in [0.15, 0.2) is 0 Å². The Morgan fingerprint density at radius 1 is 1.29 bits per heavy atom. The van der Waals surface area contributed by atoms with Gasteiger partial charge in [-0.15, -0.1) is 0 Å². The first-order valence-corrected chi connectivity index (χ1v) is 6.69. The van der Waals surface area contributed by atoms with Gasteiger partial charge in [0.2, 0.25) is 5.91 Å². The molecule has 4 heteroatoms. The molecule has 0 radical (unpaired) electrons. The van der Waals surface area contributed by atoms with Gasteiger partial charge in [-0.25, -0.2) is 0 Å². The fourth-order valence-electron chi connectivity index (χ4n) is 2.34. The van der Waals surface area contributed by atoms with E-state index in [9.17, 15) is 4.79 Å². The first-order chi connectivity index (χ1) is 8.04. The lowest BCUT2D eigenvalue weighted by atomic mass is 10.0. The number of amides is 1. The third-order valence-electron chi connectivity index (χ3n) is 3.80. The van der Waals surface area contributed by atoms with Crippen molar-refractivity contribution in [3.8, 4) is 0 Å². The normalized spacial score (nSPS) is 18.6. The second-order valence-corrected chi connectivity index (χ2v) is 5.14. The smallest absolute Gasteiger partial charge is 0.219 e. The molecule has 0 spiro atoms. The summed E-state index contributed by atoms with van der Waals surface area (Å²) in [7, 11) is 4.26. The molecule has 1 amide bonds. The summed E-state index contributed by atoms with van der Waals surface area (Å²) in [5.41, 5.74) is 0. The molecule has 0 N–H and O–H groups in total. The molecule has 4 nitrogen and oxygen atoms in total. The standard InChI is InChI=1S/C13H27N3O/c1-5-14(3)10-11-16(12(2)17)13-6-8-15(4)9-7-13/h13H,5-11H2,1-4H3. The molecule has 1 aliphatic rings. The van der Waals surface area contributed by atoms with Crippen LogP contribution >= 0.6 is 0 Å². The van der Waals surface area contributed by atoms with E-state index in [1.54, 1.807) is 6.92 Å². The van der Waals surface area contributed by atoms with Gasteiger partial charge in [0.05, 0.1) is 0 Å². The maximum Gasteiger partial charge on any atom is 0.219 e. The highest BCUT2D eigenvalue weighted by atomic mass is 16.2. The molecule has 1 heterocycles. The lowest BCUT2D eigenvalue weighted by Crippen LogP contribution is -2.48. The predicted molar refractivity (Wildman–Crippen MR) is 71.1 cm³/mol. The monoisotopic (exact) mass is 241 g/mol. The van der Waals surface area contributed by atoms with Gasteiger partial charge in [-0.05, 0) is 46.6 Å². The van der Waals surface area contributed by atoms with Crippen LogP contribution in [0.25, 0.3) is 0 Å². The van der Waals surface area contributed by atoms with Crippen molar-refractivity contribution in [2.75, 3.05) is 46.8 Å². The highest BCUT2D eigenvalue weighted by molar-refractivity contribution is 5.73. The Bertz CT molecular complexity index is 237. The average Bonchev–Trinajstić information content (AvgIpc) is 2.31. The summed E-state index contributed by atoms with van der Waals surface area (Å²) in [5.74, 6) is 0.226. The maximum atomic E-state index is 11.7. The quantitative estimate of drug-likeness (QED) is 0.715. The van der Waals surface area contributed by atoms with E-state index >= 15 is 0 Å². The van der Waals surface area contributed by atoms with Crippen molar-refractivity contribution >= 4 is 5.91 Å². The molecule has 1 fully saturated rings. The summed E-state index contributed by atoms with van der Waals surface area (Å²) in [5, 5.41) is 0. The molecule has 0 aromatic rings. The SMILES string of the molecule is CCN(C)CCN(C(C)=O)C1CCN(C)CC1. The van der Waals surface area contributed by atoms with Gasteiger partial charge >= 0.3 is 0 Å². The number of hydrogen-bond donors (Lipinski definition) is 0. The number of likely N-dealkylation sites (N-methyl/N-ethyl adjacent to an activating group) is 1. The average molecular weight is 241 g/mol. The van der Waals surface area contributed by atoms with Crippen LogP contribution in [0.4, 0.5) is 0 Å². The molecule has 0 aromatic heterocycles. The molecule has 0 aromatic carbocycles. The van der Waals surface area contributed by atoms with E-state index < -0.39 is 0 Å². The van der Waals surface area contributed by atoms with Crippen molar-refractivity contribution in [3.05, 3.63) is 0 Å². The number of hydrogen-bond acceptors (Lipinski definition) is 3. The number of nitrogens with zero attached hydrogens (tertiary/aromatic N) is 3. The van der Waals surface area contributed by atoms with E-state index in [0.29, 0.717) is 6.04 Å². The van der Waals surface area contributed by atoms with Gasteiger partial charge < -0.3 is 14.7 Å². The number of carbonyl (C=O) groups is 1. The van der Waals surface area contributed by atoms with Crippen LogP contribution in [-0.4, -0.2) is 73.5 Å². The van der Waals surface area contributed by atoms with Gasteiger partial charge in [-0.1, -0.05) is 6.92 Å². The Morgan fingerprint density at radius 3 is 2.35 bits per heavy atom. The van der Waals surface area contributed by atoms with Crippen LogP contribution in [0.2, 0.25) is 0 Å². The van der Waals surface area contributed by atoms with E-state index in [-0.39, 0.29) is 5.91 Å². The van der Waals surface area contributed by atoms with Crippen molar-refractivity contribution in [2.45, 2.75) is 32.7 Å². The third kappa shape index (κ3) is 4.64. The summed E-state index contributed by atoms with van der Waals surface area (Å²) >= 11 is 0. The zero-order chi connectivity index (χ0) is 12.8.